The summed E-state index contributed by atoms with van der Waals surface area (Å²) in [6.45, 7) is 2.27. The molecule has 22 heavy (non-hydrogen) atoms. The van der Waals surface area contributed by atoms with Gasteiger partial charge in [0.25, 0.3) is 0 Å². The first-order valence-corrected chi connectivity index (χ1v) is 8.32. The summed E-state index contributed by atoms with van der Waals surface area (Å²) >= 11 is 11.5. The van der Waals surface area contributed by atoms with Crippen molar-refractivity contribution < 1.29 is 9.47 Å². The largest absolute Gasteiger partial charge is 0.495 e. The van der Waals surface area contributed by atoms with Gasteiger partial charge in [-0.05, 0) is 31.0 Å². The molecule has 0 bridgehead atoms. The van der Waals surface area contributed by atoms with Crippen LogP contribution in [-0.2, 0) is 0 Å². The molecular formula is C16H23ClN2O2S. The summed E-state index contributed by atoms with van der Waals surface area (Å²) in [4.78, 5) is 0. The third-order valence-corrected chi connectivity index (χ3v) is 4.67. The number of anilines is 1. The Morgan fingerprint density at radius 1 is 1.18 bits per heavy atom. The van der Waals surface area contributed by atoms with Crippen LogP contribution in [0.15, 0.2) is 12.1 Å². The van der Waals surface area contributed by atoms with E-state index < -0.39 is 0 Å². The molecule has 2 N–H and O–H groups in total. The number of methoxy groups -OCH3 is 2. The summed E-state index contributed by atoms with van der Waals surface area (Å²) in [5.41, 5.74) is 0.740. The van der Waals surface area contributed by atoms with Crippen molar-refractivity contribution in [1.29, 1.82) is 0 Å². The van der Waals surface area contributed by atoms with E-state index >= 15 is 0 Å². The maximum absolute atomic E-state index is 6.11. The first kappa shape index (κ1) is 17.2. The second kappa shape index (κ2) is 7.88. The van der Waals surface area contributed by atoms with Crippen molar-refractivity contribution >= 4 is 34.6 Å². The fourth-order valence-electron chi connectivity index (χ4n) is 2.82. The van der Waals surface area contributed by atoms with Crippen molar-refractivity contribution in [2.75, 3.05) is 19.5 Å². The van der Waals surface area contributed by atoms with Crippen molar-refractivity contribution in [3.8, 4) is 11.5 Å². The van der Waals surface area contributed by atoms with E-state index in [0.717, 1.165) is 12.1 Å². The second-order valence-electron chi connectivity index (χ2n) is 5.65. The summed E-state index contributed by atoms with van der Waals surface area (Å²) in [7, 11) is 3.18. The maximum atomic E-state index is 6.11. The van der Waals surface area contributed by atoms with Gasteiger partial charge in [-0.3, -0.25) is 0 Å². The van der Waals surface area contributed by atoms with Crippen LogP contribution in [0.3, 0.4) is 0 Å². The summed E-state index contributed by atoms with van der Waals surface area (Å²) in [5, 5.41) is 7.70. The SMILES string of the molecule is COc1cc(NC(=S)N[C@H]2CCCC[C@@H]2C)c(OC)cc1Cl. The molecule has 2 rings (SSSR count). The highest BCUT2D eigenvalue weighted by atomic mass is 35.5. The average molecular weight is 343 g/mol. The molecular weight excluding hydrogens is 320 g/mol. The molecule has 0 heterocycles. The van der Waals surface area contributed by atoms with Crippen molar-refractivity contribution in [3.63, 3.8) is 0 Å². The van der Waals surface area contributed by atoms with Crippen LogP contribution in [0.4, 0.5) is 5.69 Å². The molecule has 6 heteroatoms. The van der Waals surface area contributed by atoms with Gasteiger partial charge < -0.3 is 20.1 Å². The highest BCUT2D eigenvalue weighted by Gasteiger charge is 2.22. The van der Waals surface area contributed by atoms with Crippen LogP contribution in [0.25, 0.3) is 0 Å². The number of nitrogens with one attached hydrogen (secondary N) is 2. The van der Waals surface area contributed by atoms with E-state index in [-0.39, 0.29) is 0 Å². The van der Waals surface area contributed by atoms with Crippen LogP contribution in [0.1, 0.15) is 32.6 Å². The minimum absolute atomic E-state index is 0.425. The van der Waals surface area contributed by atoms with E-state index in [1.165, 1.54) is 19.3 Å². The normalized spacial score (nSPS) is 21.1. The van der Waals surface area contributed by atoms with Gasteiger partial charge in [-0.1, -0.05) is 31.4 Å². The molecule has 0 radical (unpaired) electrons. The number of thiocarbonyl (C=S) groups is 1. The standard InChI is InChI=1S/C16H23ClN2O2S/c1-10-6-4-5-7-12(10)18-16(22)19-13-9-14(20-2)11(17)8-15(13)21-3/h8-10,12H,4-7H2,1-3H3,(H2,18,19,22)/t10-,12-/m0/s1. The first-order chi connectivity index (χ1) is 10.5. The van der Waals surface area contributed by atoms with E-state index in [1.54, 1.807) is 26.4 Å². The molecule has 4 nitrogen and oxygen atoms in total. The number of ether oxygens (including phenoxy) is 2. The van der Waals surface area contributed by atoms with Crippen LogP contribution in [0.2, 0.25) is 5.02 Å². The predicted octanol–water partition coefficient (Wildman–Crippen LogP) is 4.22. The van der Waals surface area contributed by atoms with Crippen molar-refractivity contribution in [3.05, 3.63) is 17.2 Å². The van der Waals surface area contributed by atoms with E-state index in [1.807, 2.05) is 0 Å². The van der Waals surface area contributed by atoms with Gasteiger partial charge in [-0.25, -0.2) is 0 Å². The van der Waals surface area contributed by atoms with Gasteiger partial charge in [0.15, 0.2) is 5.11 Å². The molecule has 2 atom stereocenters. The zero-order valence-electron chi connectivity index (χ0n) is 13.2. The Labute approximate surface area is 142 Å². The zero-order chi connectivity index (χ0) is 16.1. The predicted molar refractivity (Wildman–Crippen MR) is 95.3 cm³/mol. The number of hydrogen-bond donors (Lipinski definition) is 2. The topological polar surface area (TPSA) is 42.5 Å². The summed E-state index contributed by atoms with van der Waals surface area (Å²) in [5.74, 6) is 1.85. The van der Waals surface area contributed by atoms with E-state index in [2.05, 4.69) is 17.6 Å². The lowest BCUT2D eigenvalue weighted by molar-refractivity contribution is 0.309. The van der Waals surface area contributed by atoms with Crippen LogP contribution in [0, 0.1) is 5.92 Å². The molecule has 1 fully saturated rings. The number of rotatable bonds is 4. The van der Waals surface area contributed by atoms with Crippen LogP contribution < -0.4 is 20.1 Å². The Balaban J connectivity index is 2.07. The molecule has 1 aliphatic carbocycles. The smallest absolute Gasteiger partial charge is 0.171 e. The third-order valence-electron chi connectivity index (χ3n) is 4.15. The van der Waals surface area contributed by atoms with Gasteiger partial charge in [0.2, 0.25) is 0 Å². The lowest BCUT2D eigenvalue weighted by atomic mass is 9.86. The highest BCUT2D eigenvalue weighted by Crippen LogP contribution is 2.36. The molecule has 1 aromatic rings. The van der Waals surface area contributed by atoms with Gasteiger partial charge in [0, 0.05) is 18.2 Å². The molecule has 0 saturated heterocycles. The minimum atomic E-state index is 0.425. The second-order valence-corrected chi connectivity index (χ2v) is 6.47. The molecule has 0 spiro atoms. The van der Waals surface area contributed by atoms with Crippen molar-refractivity contribution in [2.45, 2.75) is 38.6 Å². The van der Waals surface area contributed by atoms with E-state index in [4.69, 9.17) is 33.3 Å². The zero-order valence-corrected chi connectivity index (χ0v) is 14.8. The quantitative estimate of drug-likeness (QED) is 0.802. The third kappa shape index (κ3) is 4.17. The minimum Gasteiger partial charge on any atom is -0.495 e. The molecule has 0 aliphatic heterocycles. The lowest BCUT2D eigenvalue weighted by Crippen LogP contribution is -2.43. The lowest BCUT2D eigenvalue weighted by Gasteiger charge is -2.30. The molecule has 0 aromatic heterocycles. The highest BCUT2D eigenvalue weighted by molar-refractivity contribution is 7.80. The number of halogens is 1. The average Bonchev–Trinajstić information content (AvgIpc) is 2.50. The van der Waals surface area contributed by atoms with E-state index in [0.29, 0.717) is 33.6 Å². The van der Waals surface area contributed by atoms with Crippen LogP contribution in [-0.4, -0.2) is 25.4 Å². The first-order valence-electron chi connectivity index (χ1n) is 7.54. The molecule has 1 aromatic carbocycles. The van der Waals surface area contributed by atoms with Crippen LogP contribution in [0.5, 0.6) is 11.5 Å². The van der Waals surface area contributed by atoms with Gasteiger partial charge in [0.05, 0.1) is 24.9 Å². The van der Waals surface area contributed by atoms with Crippen molar-refractivity contribution in [2.24, 2.45) is 5.92 Å². The van der Waals surface area contributed by atoms with E-state index in [9.17, 15) is 0 Å². The van der Waals surface area contributed by atoms with Gasteiger partial charge >= 0.3 is 0 Å². The fourth-order valence-corrected chi connectivity index (χ4v) is 3.31. The summed E-state index contributed by atoms with van der Waals surface area (Å²) in [6.07, 6.45) is 4.97. The molecule has 122 valence electrons. The van der Waals surface area contributed by atoms with Crippen LogP contribution >= 0.6 is 23.8 Å². The maximum Gasteiger partial charge on any atom is 0.171 e. The molecule has 1 aliphatic rings. The fraction of sp³-hybridized carbons (Fsp3) is 0.562. The Morgan fingerprint density at radius 2 is 1.86 bits per heavy atom. The van der Waals surface area contributed by atoms with Crippen molar-refractivity contribution in [1.82, 2.24) is 5.32 Å². The van der Waals surface area contributed by atoms with Gasteiger partial charge in [-0.2, -0.15) is 0 Å². The monoisotopic (exact) mass is 342 g/mol. The van der Waals surface area contributed by atoms with Gasteiger partial charge in [-0.15, -0.1) is 0 Å². The Morgan fingerprint density at radius 3 is 2.50 bits per heavy atom. The molecule has 1 saturated carbocycles. The van der Waals surface area contributed by atoms with Gasteiger partial charge in [0.1, 0.15) is 11.5 Å². The number of benzene rings is 1. The molecule has 0 unspecified atom stereocenters. The number of hydrogen-bond acceptors (Lipinski definition) is 3. The Hall–Kier alpha value is -1.20. The summed E-state index contributed by atoms with van der Waals surface area (Å²) < 4.78 is 10.6. The Kier molecular flexibility index (Phi) is 6.15. The Bertz CT molecular complexity index is 539. The summed E-state index contributed by atoms with van der Waals surface area (Å²) in [6, 6.07) is 3.93. The molecule has 0 amide bonds.